The monoisotopic (exact) mass is 616 g/mol. The number of benzene rings is 3. The number of hydrogen-bond acceptors (Lipinski definition) is 4. The van der Waals surface area contributed by atoms with Crippen molar-refractivity contribution in [1.82, 2.24) is 9.21 Å². The minimum atomic E-state index is -4.42. The van der Waals surface area contributed by atoms with Crippen molar-refractivity contribution >= 4 is 34.0 Å². The number of likely N-dealkylation sites (tertiary alicyclic amines) is 1. The number of rotatable bonds is 9. The Balaban J connectivity index is 0.00000441. The molecule has 1 aliphatic rings. The van der Waals surface area contributed by atoms with Crippen LogP contribution in [0.3, 0.4) is 0 Å². The molecule has 0 radical (unpaired) electrons. The summed E-state index contributed by atoms with van der Waals surface area (Å²) >= 11 is 6.27. The highest BCUT2D eigenvalue weighted by Crippen LogP contribution is 2.35. The van der Waals surface area contributed by atoms with E-state index in [9.17, 15) is 26.7 Å². The van der Waals surface area contributed by atoms with E-state index in [-0.39, 0.29) is 35.8 Å². The van der Waals surface area contributed by atoms with E-state index in [0.717, 1.165) is 17.7 Å². The molecule has 3 unspecified atom stereocenters. The zero-order valence-electron chi connectivity index (χ0n) is 22.0. The molecule has 5 nitrogen and oxygen atoms in total. The predicted molar refractivity (Wildman–Crippen MR) is 153 cm³/mol. The summed E-state index contributed by atoms with van der Waals surface area (Å²) in [5, 5.41) is 10.9. The number of likely N-dealkylation sites (N-methyl/N-ethyl adjacent to an activating group) is 1. The van der Waals surface area contributed by atoms with Crippen LogP contribution < -0.4 is 0 Å². The van der Waals surface area contributed by atoms with Gasteiger partial charge in [-0.3, -0.25) is 4.90 Å². The third kappa shape index (κ3) is 7.99. The number of alkyl halides is 3. The number of piperidine rings is 1. The molecule has 1 saturated heterocycles. The topological polar surface area (TPSA) is 60.9 Å². The van der Waals surface area contributed by atoms with Crippen molar-refractivity contribution < 1.29 is 26.7 Å². The molecule has 1 fully saturated rings. The lowest BCUT2D eigenvalue weighted by molar-refractivity contribution is -0.137. The standard InChI is InChI=1S/C29H32ClF3N2O3S.ClH/c1-34(39(37,38)27-8-3-2-4-9-27)20-23(22-6-5-7-25(30)18-22)14-16-35-17-15-26(36)19-28(35)21-10-12-24(13-11-21)29(31,32)33;/h2-13,18,23,26,28,36H,14-17,19-20H2,1H3;1H. The summed E-state index contributed by atoms with van der Waals surface area (Å²) in [5.74, 6) is -0.188. The van der Waals surface area contributed by atoms with Gasteiger partial charge in [0.25, 0.3) is 0 Å². The van der Waals surface area contributed by atoms with Gasteiger partial charge < -0.3 is 5.11 Å². The van der Waals surface area contributed by atoms with Gasteiger partial charge in [0.05, 0.1) is 16.6 Å². The van der Waals surface area contributed by atoms with E-state index in [4.69, 9.17) is 11.6 Å². The Bertz CT molecular complexity index is 1340. The molecular weight excluding hydrogens is 584 g/mol. The Labute approximate surface area is 245 Å². The first-order chi connectivity index (χ1) is 18.4. The molecular formula is C29H33Cl2F3N2O3S. The first kappa shape index (κ1) is 32.4. The van der Waals surface area contributed by atoms with Gasteiger partial charge >= 0.3 is 6.18 Å². The molecule has 0 bridgehead atoms. The minimum absolute atomic E-state index is 0. The number of aliphatic hydroxyl groups excluding tert-OH is 1. The molecule has 0 spiro atoms. The van der Waals surface area contributed by atoms with Crippen LogP contribution in [0.1, 0.15) is 47.9 Å². The summed E-state index contributed by atoms with van der Waals surface area (Å²) < 4.78 is 67.1. The van der Waals surface area contributed by atoms with Gasteiger partial charge in [0.2, 0.25) is 10.0 Å². The van der Waals surface area contributed by atoms with Crippen LogP contribution in [0.15, 0.2) is 83.8 Å². The second-order valence-electron chi connectivity index (χ2n) is 9.99. The maximum Gasteiger partial charge on any atom is 0.416 e. The zero-order chi connectivity index (χ0) is 28.2. The fourth-order valence-electron chi connectivity index (χ4n) is 5.13. The summed E-state index contributed by atoms with van der Waals surface area (Å²) in [7, 11) is -2.15. The molecule has 0 amide bonds. The van der Waals surface area contributed by atoms with Crippen LogP contribution in [0.4, 0.5) is 13.2 Å². The van der Waals surface area contributed by atoms with Crippen LogP contribution >= 0.6 is 24.0 Å². The third-order valence-electron chi connectivity index (χ3n) is 7.32. The van der Waals surface area contributed by atoms with Crippen LogP contribution in [-0.4, -0.2) is 55.5 Å². The van der Waals surface area contributed by atoms with E-state index in [1.54, 1.807) is 43.4 Å². The maximum absolute atomic E-state index is 13.2. The van der Waals surface area contributed by atoms with E-state index >= 15 is 0 Å². The van der Waals surface area contributed by atoms with Crippen LogP contribution in [0.2, 0.25) is 5.02 Å². The molecule has 3 aromatic carbocycles. The number of nitrogens with zero attached hydrogens (tertiary/aromatic N) is 2. The Morgan fingerprint density at radius 3 is 2.35 bits per heavy atom. The Morgan fingerprint density at radius 1 is 1.05 bits per heavy atom. The van der Waals surface area contributed by atoms with Crippen LogP contribution in [-0.2, 0) is 16.2 Å². The molecule has 3 aromatic rings. The second kappa shape index (κ2) is 13.7. The highest BCUT2D eigenvalue weighted by Gasteiger charge is 2.33. The molecule has 1 heterocycles. The molecule has 3 atom stereocenters. The molecule has 11 heteroatoms. The fraction of sp³-hybridized carbons (Fsp3) is 0.379. The highest BCUT2D eigenvalue weighted by atomic mass is 35.5. The van der Waals surface area contributed by atoms with Gasteiger partial charge in [-0.05, 0) is 79.3 Å². The van der Waals surface area contributed by atoms with Crippen molar-refractivity contribution in [3.8, 4) is 0 Å². The molecule has 40 heavy (non-hydrogen) atoms. The molecule has 1 N–H and O–H groups in total. The van der Waals surface area contributed by atoms with Crippen molar-refractivity contribution in [3.05, 3.63) is 101 Å². The third-order valence-corrected chi connectivity index (χ3v) is 9.39. The summed E-state index contributed by atoms with van der Waals surface area (Å²) in [5.41, 5.74) is 0.906. The van der Waals surface area contributed by atoms with Crippen molar-refractivity contribution in [2.24, 2.45) is 0 Å². The van der Waals surface area contributed by atoms with Crippen LogP contribution in [0, 0.1) is 0 Å². The van der Waals surface area contributed by atoms with Crippen LogP contribution in [0.25, 0.3) is 0 Å². The van der Waals surface area contributed by atoms with E-state index in [1.165, 1.54) is 16.4 Å². The Morgan fingerprint density at radius 2 is 1.73 bits per heavy atom. The number of halogens is 5. The smallest absolute Gasteiger partial charge is 0.393 e. The summed E-state index contributed by atoms with van der Waals surface area (Å²) in [6.45, 7) is 1.36. The second-order valence-corrected chi connectivity index (χ2v) is 12.5. The zero-order valence-corrected chi connectivity index (χ0v) is 24.4. The van der Waals surface area contributed by atoms with Gasteiger partial charge in [0, 0.05) is 31.2 Å². The van der Waals surface area contributed by atoms with Gasteiger partial charge in [0.15, 0.2) is 0 Å². The van der Waals surface area contributed by atoms with E-state index in [0.29, 0.717) is 42.9 Å². The number of hydrogen-bond donors (Lipinski definition) is 1. The van der Waals surface area contributed by atoms with Gasteiger partial charge in [-0.15, -0.1) is 12.4 Å². The van der Waals surface area contributed by atoms with Gasteiger partial charge in [0.1, 0.15) is 0 Å². The molecule has 4 rings (SSSR count). The first-order valence-corrected chi connectivity index (χ1v) is 14.6. The number of aliphatic hydroxyl groups is 1. The average molecular weight is 618 g/mol. The molecule has 0 saturated carbocycles. The number of sulfonamides is 1. The minimum Gasteiger partial charge on any atom is -0.393 e. The lowest BCUT2D eigenvalue weighted by Crippen LogP contribution is -2.40. The van der Waals surface area contributed by atoms with Crippen molar-refractivity contribution in [1.29, 1.82) is 0 Å². The van der Waals surface area contributed by atoms with Gasteiger partial charge in [-0.1, -0.05) is 54.1 Å². The molecule has 0 aliphatic carbocycles. The van der Waals surface area contributed by atoms with Crippen molar-refractivity contribution in [3.63, 3.8) is 0 Å². The maximum atomic E-state index is 13.2. The molecule has 218 valence electrons. The lowest BCUT2D eigenvalue weighted by atomic mass is 9.90. The van der Waals surface area contributed by atoms with Crippen molar-refractivity contribution in [2.75, 3.05) is 26.7 Å². The van der Waals surface area contributed by atoms with E-state index in [1.807, 2.05) is 18.2 Å². The summed E-state index contributed by atoms with van der Waals surface area (Å²) in [6, 6.07) is 20.5. The first-order valence-electron chi connectivity index (χ1n) is 12.8. The highest BCUT2D eigenvalue weighted by molar-refractivity contribution is 7.89. The summed E-state index contributed by atoms with van der Waals surface area (Å²) in [6.07, 6.45) is -3.40. The normalized spacial score (nSPS) is 19.3. The average Bonchev–Trinajstić information content (AvgIpc) is 2.91. The largest absolute Gasteiger partial charge is 0.416 e. The molecule has 0 aromatic heterocycles. The molecule has 1 aliphatic heterocycles. The SMILES string of the molecule is CN(CC(CCN1CCC(O)CC1c1ccc(C(F)(F)F)cc1)c1cccc(Cl)c1)S(=O)(=O)c1ccccc1.Cl. The van der Waals surface area contributed by atoms with Gasteiger partial charge in [-0.25, -0.2) is 12.7 Å². The Hall–Kier alpha value is -2.14. The van der Waals surface area contributed by atoms with E-state index < -0.39 is 27.9 Å². The van der Waals surface area contributed by atoms with Crippen molar-refractivity contribution in [2.45, 2.75) is 48.4 Å². The van der Waals surface area contributed by atoms with E-state index in [2.05, 4.69) is 4.90 Å². The fourth-order valence-corrected chi connectivity index (χ4v) is 6.57. The Kier molecular flexibility index (Phi) is 11.1. The van der Waals surface area contributed by atoms with Gasteiger partial charge in [-0.2, -0.15) is 13.2 Å². The predicted octanol–water partition coefficient (Wildman–Crippen LogP) is 6.77. The summed E-state index contributed by atoms with van der Waals surface area (Å²) in [4.78, 5) is 2.38. The van der Waals surface area contributed by atoms with Crippen LogP contribution in [0.5, 0.6) is 0 Å². The lowest BCUT2D eigenvalue weighted by Gasteiger charge is -2.39. The quantitative estimate of drug-likeness (QED) is 0.288.